The molecule has 0 aliphatic carbocycles. The van der Waals surface area contributed by atoms with Crippen LogP contribution in [0.25, 0.3) is 16.5 Å². The van der Waals surface area contributed by atoms with Crippen LogP contribution in [-0.4, -0.2) is 36.0 Å². The van der Waals surface area contributed by atoms with E-state index in [1.54, 1.807) is 36.3 Å². The smallest absolute Gasteiger partial charge is 0.257 e. The number of aromatic nitrogens is 1. The molecule has 1 aromatic heterocycles. The van der Waals surface area contributed by atoms with Crippen LogP contribution < -0.4 is 4.74 Å². The van der Waals surface area contributed by atoms with Crippen LogP contribution >= 0.6 is 0 Å². The van der Waals surface area contributed by atoms with Crippen LogP contribution in [0.3, 0.4) is 0 Å². The first-order chi connectivity index (χ1) is 12.7. The molecule has 2 heterocycles. The number of ether oxygens (including phenoxy) is 1. The third-order valence-corrected chi connectivity index (χ3v) is 4.82. The maximum atomic E-state index is 13.6. The highest BCUT2D eigenvalue weighted by atomic mass is 19.1. The third-order valence-electron chi connectivity index (χ3n) is 4.82. The van der Waals surface area contributed by atoms with E-state index in [0.717, 1.165) is 28.5 Å². The Morgan fingerprint density at radius 2 is 2.08 bits per heavy atom. The number of aromatic amines is 1. The van der Waals surface area contributed by atoms with Gasteiger partial charge in [0.25, 0.3) is 5.91 Å². The Hall–Kier alpha value is -3.08. The first kappa shape index (κ1) is 16.4. The molecule has 0 saturated heterocycles. The van der Waals surface area contributed by atoms with Gasteiger partial charge in [-0.05, 0) is 42.3 Å². The summed E-state index contributed by atoms with van der Waals surface area (Å²) < 4.78 is 18.9. The van der Waals surface area contributed by atoms with Crippen LogP contribution in [0.4, 0.5) is 4.39 Å². The van der Waals surface area contributed by atoms with Gasteiger partial charge in [-0.2, -0.15) is 0 Å². The summed E-state index contributed by atoms with van der Waals surface area (Å²) in [5.74, 6) is 0.296. The summed E-state index contributed by atoms with van der Waals surface area (Å²) in [6.07, 6.45) is 4.68. The highest BCUT2D eigenvalue weighted by Crippen LogP contribution is 2.30. The zero-order valence-electron chi connectivity index (χ0n) is 14.5. The van der Waals surface area contributed by atoms with Gasteiger partial charge in [-0.3, -0.25) is 4.79 Å². The topological polar surface area (TPSA) is 45.3 Å². The molecule has 1 N–H and O–H groups in total. The number of hydrogen-bond donors (Lipinski definition) is 1. The Balaban J connectivity index is 1.58. The van der Waals surface area contributed by atoms with Crippen LogP contribution in [0, 0.1) is 5.82 Å². The molecule has 0 radical (unpaired) electrons. The molecule has 132 valence electrons. The van der Waals surface area contributed by atoms with E-state index in [4.69, 9.17) is 4.74 Å². The molecule has 0 unspecified atom stereocenters. The van der Waals surface area contributed by atoms with Crippen molar-refractivity contribution in [2.24, 2.45) is 0 Å². The van der Waals surface area contributed by atoms with Gasteiger partial charge in [0, 0.05) is 35.8 Å². The van der Waals surface area contributed by atoms with Crippen LogP contribution in [0.2, 0.25) is 0 Å². The van der Waals surface area contributed by atoms with E-state index in [-0.39, 0.29) is 11.7 Å². The number of amides is 1. The largest absolute Gasteiger partial charge is 0.496 e. The van der Waals surface area contributed by atoms with E-state index in [9.17, 15) is 9.18 Å². The Bertz CT molecular complexity index is 1010. The lowest BCUT2D eigenvalue weighted by atomic mass is 9.98. The van der Waals surface area contributed by atoms with Gasteiger partial charge < -0.3 is 14.6 Å². The molecule has 1 aliphatic rings. The van der Waals surface area contributed by atoms with E-state index in [0.29, 0.717) is 24.4 Å². The molecule has 3 aromatic rings. The molecule has 26 heavy (non-hydrogen) atoms. The van der Waals surface area contributed by atoms with Crippen molar-refractivity contribution in [3.05, 3.63) is 71.7 Å². The Kier molecular flexibility index (Phi) is 4.21. The van der Waals surface area contributed by atoms with Crippen molar-refractivity contribution in [3.8, 4) is 5.75 Å². The van der Waals surface area contributed by atoms with Crippen molar-refractivity contribution in [1.29, 1.82) is 0 Å². The molecule has 1 amide bonds. The van der Waals surface area contributed by atoms with Crippen LogP contribution in [0.15, 0.2) is 54.7 Å². The summed E-state index contributed by atoms with van der Waals surface area (Å²) in [5.41, 5.74) is 3.62. The van der Waals surface area contributed by atoms with Crippen LogP contribution in [0.5, 0.6) is 5.75 Å². The number of rotatable bonds is 3. The molecule has 0 saturated carbocycles. The highest BCUT2D eigenvalue weighted by molar-refractivity contribution is 5.98. The molecular formula is C21H19FN2O2. The lowest BCUT2D eigenvalue weighted by Crippen LogP contribution is -2.34. The zero-order valence-corrected chi connectivity index (χ0v) is 14.5. The summed E-state index contributed by atoms with van der Waals surface area (Å²) in [4.78, 5) is 17.8. The normalized spacial score (nSPS) is 14.4. The molecule has 0 spiro atoms. The molecule has 5 heteroatoms. The van der Waals surface area contributed by atoms with Gasteiger partial charge in [0.1, 0.15) is 11.6 Å². The molecule has 1 aliphatic heterocycles. The minimum Gasteiger partial charge on any atom is -0.496 e. The number of benzene rings is 2. The summed E-state index contributed by atoms with van der Waals surface area (Å²) in [7, 11) is 1.57. The second-order valence-corrected chi connectivity index (χ2v) is 6.32. The summed E-state index contributed by atoms with van der Waals surface area (Å²) in [6.45, 7) is 1.14. The van der Waals surface area contributed by atoms with Gasteiger partial charge in [-0.15, -0.1) is 0 Å². The van der Waals surface area contributed by atoms with Gasteiger partial charge in [0.15, 0.2) is 0 Å². The minimum atomic E-state index is -0.247. The first-order valence-electron chi connectivity index (χ1n) is 8.55. The van der Waals surface area contributed by atoms with Crippen molar-refractivity contribution in [3.63, 3.8) is 0 Å². The number of carbonyl (C=O) groups excluding carboxylic acids is 1. The molecular weight excluding hydrogens is 331 g/mol. The van der Waals surface area contributed by atoms with Crippen molar-refractivity contribution in [2.75, 3.05) is 20.2 Å². The highest BCUT2D eigenvalue weighted by Gasteiger charge is 2.22. The second-order valence-electron chi connectivity index (χ2n) is 6.32. The van der Waals surface area contributed by atoms with E-state index in [2.05, 4.69) is 4.98 Å². The molecule has 4 rings (SSSR count). The SMILES string of the molecule is COc1ccccc1C(=O)N1CC=C(c2c[nH]c3ccc(F)cc23)CC1. The zero-order chi connectivity index (χ0) is 18.1. The lowest BCUT2D eigenvalue weighted by Gasteiger charge is -2.27. The number of para-hydroxylation sites is 1. The van der Waals surface area contributed by atoms with Crippen LogP contribution in [-0.2, 0) is 0 Å². The summed E-state index contributed by atoms with van der Waals surface area (Å²) in [5, 5.41) is 0.876. The number of nitrogens with one attached hydrogen (secondary N) is 1. The average Bonchev–Trinajstić information content (AvgIpc) is 3.10. The number of halogens is 1. The number of carbonyl (C=O) groups is 1. The predicted molar refractivity (Wildman–Crippen MR) is 99.7 cm³/mol. The quantitative estimate of drug-likeness (QED) is 0.768. The van der Waals surface area contributed by atoms with E-state index >= 15 is 0 Å². The fraction of sp³-hybridized carbons (Fsp3) is 0.190. The molecule has 0 fully saturated rings. The summed E-state index contributed by atoms with van der Waals surface area (Å²) in [6, 6.07) is 12.0. The van der Waals surface area contributed by atoms with Crippen LogP contribution in [0.1, 0.15) is 22.3 Å². The Morgan fingerprint density at radius 1 is 1.23 bits per heavy atom. The number of fused-ring (bicyclic) bond motifs is 1. The van der Waals surface area contributed by atoms with Gasteiger partial charge in [-0.1, -0.05) is 18.2 Å². The first-order valence-corrected chi connectivity index (χ1v) is 8.55. The van der Waals surface area contributed by atoms with Crippen molar-refractivity contribution in [2.45, 2.75) is 6.42 Å². The molecule has 4 nitrogen and oxygen atoms in total. The Labute approximate surface area is 150 Å². The van der Waals surface area contributed by atoms with E-state index in [1.165, 1.54) is 6.07 Å². The number of hydrogen-bond acceptors (Lipinski definition) is 2. The monoisotopic (exact) mass is 350 g/mol. The molecule has 0 bridgehead atoms. The van der Waals surface area contributed by atoms with Gasteiger partial charge >= 0.3 is 0 Å². The van der Waals surface area contributed by atoms with Gasteiger partial charge in [0.2, 0.25) is 0 Å². The maximum Gasteiger partial charge on any atom is 0.257 e. The van der Waals surface area contributed by atoms with Gasteiger partial charge in [0.05, 0.1) is 12.7 Å². The fourth-order valence-corrected chi connectivity index (χ4v) is 3.45. The van der Waals surface area contributed by atoms with Crippen molar-refractivity contribution >= 4 is 22.4 Å². The van der Waals surface area contributed by atoms with Crippen molar-refractivity contribution < 1.29 is 13.9 Å². The number of methoxy groups -OCH3 is 1. The summed E-state index contributed by atoms with van der Waals surface area (Å²) >= 11 is 0. The predicted octanol–water partition coefficient (Wildman–Crippen LogP) is 4.25. The minimum absolute atomic E-state index is 0.0391. The standard InChI is InChI=1S/C21H19FN2O2/c1-26-20-5-3-2-4-16(20)21(25)24-10-8-14(9-11-24)18-13-23-19-7-6-15(22)12-17(18)19/h2-8,12-13,23H,9-11H2,1H3. The van der Waals surface area contributed by atoms with Crippen molar-refractivity contribution in [1.82, 2.24) is 9.88 Å². The van der Waals surface area contributed by atoms with E-state index < -0.39 is 0 Å². The number of nitrogens with zero attached hydrogens (tertiary/aromatic N) is 1. The van der Waals surface area contributed by atoms with E-state index in [1.807, 2.05) is 24.4 Å². The Morgan fingerprint density at radius 3 is 2.85 bits per heavy atom. The average molecular weight is 350 g/mol. The molecule has 2 aromatic carbocycles. The third kappa shape index (κ3) is 2.86. The van der Waals surface area contributed by atoms with Gasteiger partial charge in [-0.25, -0.2) is 4.39 Å². The fourth-order valence-electron chi connectivity index (χ4n) is 3.45. The maximum absolute atomic E-state index is 13.6. The second kappa shape index (κ2) is 6.67. The lowest BCUT2D eigenvalue weighted by molar-refractivity contribution is 0.0769. The number of H-pyrrole nitrogens is 1. The molecule has 0 atom stereocenters.